The van der Waals surface area contributed by atoms with Gasteiger partial charge in [-0.1, -0.05) is 17.8 Å². The van der Waals surface area contributed by atoms with Gasteiger partial charge >= 0.3 is 0 Å². The highest BCUT2D eigenvalue weighted by molar-refractivity contribution is 7.99. The van der Waals surface area contributed by atoms with Crippen LogP contribution in [-0.2, 0) is 9.84 Å². The highest BCUT2D eigenvalue weighted by atomic mass is 32.2. The smallest absolute Gasteiger partial charge is 0.175 e. The summed E-state index contributed by atoms with van der Waals surface area (Å²) in [6, 6.07) is 11.8. The fourth-order valence-electron chi connectivity index (χ4n) is 1.50. The molecule has 0 amide bonds. The Morgan fingerprint density at radius 1 is 1.20 bits per heavy atom. The number of amidine groups is 1. The topological polar surface area (TPSA) is 96.9 Å². The highest BCUT2D eigenvalue weighted by Gasteiger charge is 2.07. The molecule has 0 saturated carbocycles. The Labute approximate surface area is 121 Å². The number of aromatic nitrogens is 1. The molecule has 0 fully saturated rings. The summed E-state index contributed by atoms with van der Waals surface area (Å²) >= 11 is 1.38. The van der Waals surface area contributed by atoms with Crippen LogP contribution in [-0.4, -0.2) is 25.5 Å². The first kappa shape index (κ1) is 14.5. The Kier molecular flexibility index (Phi) is 4.10. The molecule has 1 aromatic heterocycles. The largest absolute Gasteiger partial charge is 0.382 e. The number of rotatable bonds is 4. The quantitative estimate of drug-likeness (QED) is 0.664. The second-order valence-electron chi connectivity index (χ2n) is 4.12. The van der Waals surface area contributed by atoms with Gasteiger partial charge in [-0.15, -0.1) is 0 Å². The van der Waals surface area contributed by atoms with E-state index in [1.165, 1.54) is 18.0 Å². The molecule has 0 saturated heterocycles. The molecule has 0 bridgehead atoms. The van der Waals surface area contributed by atoms with E-state index >= 15 is 0 Å². The van der Waals surface area contributed by atoms with Crippen molar-refractivity contribution >= 4 is 27.4 Å². The van der Waals surface area contributed by atoms with Gasteiger partial charge in [0.2, 0.25) is 0 Å². The van der Waals surface area contributed by atoms with E-state index in [9.17, 15) is 8.42 Å². The van der Waals surface area contributed by atoms with E-state index in [0.29, 0.717) is 10.7 Å². The van der Waals surface area contributed by atoms with E-state index in [0.717, 1.165) is 4.90 Å². The maximum Gasteiger partial charge on any atom is 0.175 e. The number of hydrogen-bond donors (Lipinski definition) is 2. The van der Waals surface area contributed by atoms with E-state index in [1.807, 2.05) is 6.07 Å². The van der Waals surface area contributed by atoms with Gasteiger partial charge in [0.25, 0.3) is 0 Å². The monoisotopic (exact) mass is 307 g/mol. The van der Waals surface area contributed by atoms with Gasteiger partial charge in [0.1, 0.15) is 16.6 Å². The molecule has 1 heterocycles. The minimum Gasteiger partial charge on any atom is -0.382 e. The molecular weight excluding hydrogens is 294 g/mol. The molecule has 5 nitrogen and oxygen atoms in total. The van der Waals surface area contributed by atoms with Gasteiger partial charge in [0.05, 0.1) is 4.90 Å². The number of nitrogens with two attached hydrogens (primary N) is 1. The lowest BCUT2D eigenvalue weighted by Gasteiger charge is -2.04. The summed E-state index contributed by atoms with van der Waals surface area (Å²) < 4.78 is 22.7. The summed E-state index contributed by atoms with van der Waals surface area (Å²) in [7, 11) is -3.18. The lowest BCUT2D eigenvalue weighted by atomic mass is 10.3. The van der Waals surface area contributed by atoms with E-state index in [1.54, 1.807) is 36.4 Å². The Hall–Kier alpha value is -1.86. The van der Waals surface area contributed by atoms with Crippen molar-refractivity contribution in [3.63, 3.8) is 0 Å². The first-order valence-corrected chi connectivity index (χ1v) is 8.36. The van der Waals surface area contributed by atoms with E-state index in [4.69, 9.17) is 11.1 Å². The zero-order valence-electron chi connectivity index (χ0n) is 10.7. The SMILES string of the molecule is CS(=O)(=O)c1ccc(Sc2cccc(C(=N)N)n2)cc1. The minimum absolute atomic E-state index is 0.0834. The average Bonchev–Trinajstić information content (AvgIpc) is 2.38. The fraction of sp³-hybridized carbons (Fsp3) is 0.0769. The third kappa shape index (κ3) is 3.58. The minimum atomic E-state index is -3.18. The molecule has 3 N–H and O–H groups in total. The fourth-order valence-corrected chi connectivity index (χ4v) is 2.93. The second kappa shape index (κ2) is 5.64. The van der Waals surface area contributed by atoms with Gasteiger partial charge in [-0.25, -0.2) is 13.4 Å². The summed E-state index contributed by atoms with van der Waals surface area (Å²) in [5, 5.41) is 8.05. The van der Waals surface area contributed by atoms with Crippen LogP contribution in [0.5, 0.6) is 0 Å². The van der Waals surface area contributed by atoms with Crippen molar-refractivity contribution in [1.29, 1.82) is 5.41 Å². The van der Waals surface area contributed by atoms with Gasteiger partial charge in [-0.2, -0.15) is 0 Å². The van der Waals surface area contributed by atoms with Crippen LogP contribution in [0.25, 0.3) is 0 Å². The zero-order valence-corrected chi connectivity index (χ0v) is 12.3. The highest BCUT2D eigenvalue weighted by Crippen LogP contribution is 2.27. The molecule has 0 aliphatic carbocycles. The predicted molar refractivity (Wildman–Crippen MR) is 78.9 cm³/mol. The van der Waals surface area contributed by atoms with E-state index in [2.05, 4.69) is 4.98 Å². The average molecular weight is 307 g/mol. The molecule has 2 rings (SSSR count). The Morgan fingerprint density at radius 3 is 2.40 bits per heavy atom. The number of pyridine rings is 1. The first-order valence-electron chi connectivity index (χ1n) is 5.66. The van der Waals surface area contributed by atoms with Crippen molar-refractivity contribution in [3.05, 3.63) is 48.2 Å². The van der Waals surface area contributed by atoms with Gasteiger partial charge in [-0.3, -0.25) is 5.41 Å². The van der Waals surface area contributed by atoms with Crippen molar-refractivity contribution < 1.29 is 8.42 Å². The van der Waals surface area contributed by atoms with Gasteiger partial charge in [0, 0.05) is 11.2 Å². The summed E-state index contributed by atoms with van der Waals surface area (Å²) in [6.45, 7) is 0. The molecular formula is C13H13N3O2S2. The molecule has 2 aromatic rings. The van der Waals surface area contributed by atoms with Crippen LogP contribution in [0.2, 0.25) is 0 Å². The maximum atomic E-state index is 11.4. The molecule has 0 unspecified atom stereocenters. The summed E-state index contributed by atoms with van der Waals surface area (Å²) in [5.74, 6) is -0.0834. The third-order valence-corrected chi connectivity index (χ3v) is 4.55. The van der Waals surface area contributed by atoms with Gasteiger partial charge < -0.3 is 5.73 Å². The molecule has 104 valence electrons. The molecule has 20 heavy (non-hydrogen) atoms. The first-order chi connectivity index (χ1) is 9.36. The Morgan fingerprint density at radius 2 is 1.85 bits per heavy atom. The van der Waals surface area contributed by atoms with Crippen molar-refractivity contribution in [2.75, 3.05) is 6.26 Å². The van der Waals surface area contributed by atoms with Gasteiger partial charge in [0.15, 0.2) is 9.84 Å². The van der Waals surface area contributed by atoms with Crippen LogP contribution >= 0.6 is 11.8 Å². The number of benzene rings is 1. The molecule has 0 atom stereocenters. The number of nitrogen functional groups attached to an aromatic ring is 1. The standard InChI is InChI=1S/C13H13N3O2S2/c1-20(17,18)10-7-5-9(6-8-10)19-12-4-2-3-11(16-12)13(14)15/h2-8H,1H3,(H3,14,15). The molecule has 0 radical (unpaired) electrons. The molecule has 0 aliphatic rings. The lowest BCUT2D eigenvalue weighted by molar-refractivity contribution is 0.602. The van der Waals surface area contributed by atoms with Crippen LogP contribution in [0.1, 0.15) is 5.69 Å². The summed E-state index contributed by atoms with van der Waals surface area (Å²) in [5.41, 5.74) is 5.81. The van der Waals surface area contributed by atoms with E-state index < -0.39 is 9.84 Å². The van der Waals surface area contributed by atoms with Gasteiger partial charge in [-0.05, 0) is 36.4 Å². The molecule has 7 heteroatoms. The summed E-state index contributed by atoms with van der Waals surface area (Å²) in [4.78, 5) is 5.38. The van der Waals surface area contributed by atoms with Crippen LogP contribution in [0.15, 0.2) is 57.3 Å². The Bertz CT molecular complexity index is 740. The Balaban J connectivity index is 2.22. The van der Waals surface area contributed by atoms with Crippen molar-refractivity contribution in [2.24, 2.45) is 5.73 Å². The van der Waals surface area contributed by atoms with Crippen LogP contribution < -0.4 is 5.73 Å². The maximum absolute atomic E-state index is 11.4. The van der Waals surface area contributed by atoms with Crippen molar-refractivity contribution in [3.8, 4) is 0 Å². The molecule has 1 aromatic carbocycles. The summed E-state index contributed by atoms with van der Waals surface area (Å²) in [6.07, 6.45) is 1.17. The number of nitrogens with one attached hydrogen (secondary N) is 1. The number of sulfone groups is 1. The van der Waals surface area contributed by atoms with E-state index in [-0.39, 0.29) is 10.7 Å². The predicted octanol–water partition coefficient (Wildman–Crippen LogP) is 1.92. The van der Waals surface area contributed by atoms with Crippen LogP contribution in [0.3, 0.4) is 0 Å². The molecule has 0 spiro atoms. The van der Waals surface area contributed by atoms with Crippen LogP contribution in [0, 0.1) is 5.41 Å². The van der Waals surface area contributed by atoms with Crippen molar-refractivity contribution in [1.82, 2.24) is 4.98 Å². The zero-order chi connectivity index (χ0) is 14.8. The van der Waals surface area contributed by atoms with Crippen molar-refractivity contribution in [2.45, 2.75) is 14.8 Å². The van der Waals surface area contributed by atoms with Crippen LogP contribution in [0.4, 0.5) is 0 Å². The normalized spacial score (nSPS) is 11.2. The number of nitrogens with zero attached hydrogens (tertiary/aromatic N) is 1. The molecule has 0 aliphatic heterocycles. The second-order valence-corrected chi connectivity index (χ2v) is 7.23. The number of hydrogen-bond acceptors (Lipinski definition) is 5. The lowest BCUT2D eigenvalue weighted by Crippen LogP contribution is -2.12. The third-order valence-electron chi connectivity index (χ3n) is 2.47.